The second-order valence-corrected chi connectivity index (χ2v) is 3.73. The summed E-state index contributed by atoms with van der Waals surface area (Å²) in [6.07, 6.45) is 0.741. The first kappa shape index (κ1) is 14.5. The maximum Gasteiger partial charge on any atom is 0.268 e. The molecular weight excluding hydrogens is 240 g/mol. The van der Waals surface area contributed by atoms with E-state index in [2.05, 4.69) is 0 Å². The summed E-state index contributed by atoms with van der Waals surface area (Å²) in [5.41, 5.74) is 11.0. The van der Waals surface area contributed by atoms with Gasteiger partial charge in [-0.05, 0) is 0 Å². The van der Waals surface area contributed by atoms with Crippen molar-refractivity contribution in [1.29, 1.82) is 0 Å². The first-order valence-corrected chi connectivity index (χ1v) is 5.43. The van der Waals surface area contributed by atoms with Crippen LogP contribution in [0.4, 0.5) is 0 Å². The average Bonchev–Trinajstić information content (AvgIpc) is 2.69. The van der Waals surface area contributed by atoms with Crippen LogP contribution in [0.1, 0.15) is 6.42 Å². The smallest absolute Gasteiger partial charge is 0.268 e. The third-order valence-electron chi connectivity index (χ3n) is 2.50. The van der Waals surface area contributed by atoms with E-state index in [9.17, 15) is 19.5 Å². The van der Waals surface area contributed by atoms with E-state index < -0.39 is 24.1 Å². The summed E-state index contributed by atoms with van der Waals surface area (Å²) in [6.45, 7) is -0.0801. The predicted octanol–water partition coefficient (Wildman–Crippen LogP) is -2.68. The number of hydrazine groups is 1. The van der Waals surface area contributed by atoms with Crippen LogP contribution in [0.25, 0.3) is 0 Å². The Bertz CT molecular complexity index is 353. The second kappa shape index (κ2) is 6.36. The van der Waals surface area contributed by atoms with Crippen LogP contribution < -0.4 is 11.5 Å². The SMILES string of the molecule is NCC(O)C(N)N(CCC=O)N1C(=O)C=CC1=O. The van der Waals surface area contributed by atoms with Gasteiger partial charge in [0.1, 0.15) is 12.5 Å². The van der Waals surface area contributed by atoms with Crippen molar-refractivity contribution in [2.45, 2.75) is 18.7 Å². The number of aliphatic hydroxyl groups excluding tert-OH is 1. The number of hydrogen-bond acceptors (Lipinski definition) is 7. The molecule has 2 unspecified atom stereocenters. The molecule has 1 aliphatic heterocycles. The van der Waals surface area contributed by atoms with Crippen LogP contribution in [0, 0.1) is 0 Å². The van der Waals surface area contributed by atoms with Crippen LogP contribution in [-0.4, -0.2) is 58.6 Å². The largest absolute Gasteiger partial charge is 0.389 e. The molecular formula is C10H16N4O4. The van der Waals surface area contributed by atoms with Gasteiger partial charge < -0.3 is 21.4 Å². The highest BCUT2D eigenvalue weighted by Crippen LogP contribution is 2.12. The maximum absolute atomic E-state index is 11.5. The minimum Gasteiger partial charge on any atom is -0.389 e. The minimum absolute atomic E-state index is 0.0425. The van der Waals surface area contributed by atoms with Gasteiger partial charge in [-0.1, -0.05) is 0 Å². The number of nitrogens with two attached hydrogens (primary N) is 2. The lowest BCUT2D eigenvalue weighted by Crippen LogP contribution is -2.60. The van der Waals surface area contributed by atoms with Crippen molar-refractivity contribution >= 4 is 18.1 Å². The molecule has 0 radical (unpaired) electrons. The van der Waals surface area contributed by atoms with E-state index in [1.807, 2.05) is 0 Å². The molecule has 1 aliphatic rings. The molecule has 0 saturated carbocycles. The molecule has 5 N–H and O–H groups in total. The van der Waals surface area contributed by atoms with Crippen LogP contribution >= 0.6 is 0 Å². The van der Waals surface area contributed by atoms with Gasteiger partial charge in [0, 0.05) is 31.7 Å². The van der Waals surface area contributed by atoms with Gasteiger partial charge in [-0.3, -0.25) is 9.59 Å². The second-order valence-electron chi connectivity index (χ2n) is 3.73. The molecule has 2 atom stereocenters. The van der Waals surface area contributed by atoms with E-state index in [1.54, 1.807) is 0 Å². The first-order valence-electron chi connectivity index (χ1n) is 5.43. The Kier molecular flexibility index (Phi) is 5.10. The zero-order valence-corrected chi connectivity index (χ0v) is 9.73. The number of nitrogens with zero attached hydrogens (tertiary/aromatic N) is 2. The number of aliphatic hydroxyl groups is 1. The van der Waals surface area contributed by atoms with Crippen molar-refractivity contribution in [2.24, 2.45) is 11.5 Å². The van der Waals surface area contributed by atoms with Gasteiger partial charge in [0.2, 0.25) is 0 Å². The Morgan fingerprint density at radius 1 is 1.39 bits per heavy atom. The van der Waals surface area contributed by atoms with Gasteiger partial charge in [0.25, 0.3) is 11.8 Å². The molecule has 0 saturated heterocycles. The first-order chi connectivity index (χ1) is 8.52. The molecule has 1 heterocycles. The molecule has 100 valence electrons. The van der Waals surface area contributed by atoms with Crippen molar-refractivity contribution in [3.63, 3.8) is 0 Å². The third kappa shape index (κ3) is 2.99. The Labute approximate surface area is 104 Å². The number of carbonyl (C=O) groups is 3. The Balaban J connectivity index is 2.87. The van der Waals surface area contributed by atoms with Crippen molar-refractivity contribution < 1.29 is 19.5 Å². The summed E-state index contributed by atoms with van der Waals surface area (Å²) in [4.78, 5) is 33.4. The molecule has 0 aromatic carbocycles. The summed E-state index contributed by atoms with van der Waals surface area (Å²) in [6, 6.07) is 0. The monoisotopic (exact) mass is 256 g/mol. The van der Waals surface area contributed by atoms with Crippen LogP contribution in [0.15, 0.2) is 12.2 Å². The lowest BCUT2D eigenvalue weighted by Gasteiger charge is -2.36. The molecule has 8 nitrogen and oxygen atoms in total. The number of hydrogen-bond donors (Lipinski definition) is 3. The molecule has 0 bridgehead atoms. The van der Waals surface area contributed by atoms with Crippen LogP contribution in [0.5, 0.6) is 0 Å². The summed E-state index contributed by atoms with van der Waals surface area (Å²) in [5.74, 6) is -1.13. The fourth-order valence-electron chi connectivity index (χ4n) is 1.55. The number of aldehydes is 1. The van der Waals surface area contributed by atoms with Gasteiger partial charge in [-0.15, -0.1) is 0 Å². The van der Waals surface area contributed by atoms with Gasteiger partial charge in [0.05, 0.1) is 6.10 Å². The predicted molar refractivity (Wildman–Crippen MR) is 61.4 cm³/mol. The lowest BCUT2D eigenvalue weighted by molar-refractivity contribution is -0.164. The number of rotatable bonds is 7. The fourth-order valence-corrected chi connectivity index (χ4v) is 1.55. The van der Waals surface area contributed by atoms with E-state index in [4.69, 9.17) is 11.5 Å². The van der Waals surface area contributed by atoms with Gasteiger partial charge in [-0.25, -0.2) is 5.01 Å². The van der Waals surface area contributed by atoms with Gasteiger partial charge >= 0.3 is 0 Å². The molecule has 0 spiro atoms. The van der Waals surface area contributed by atoms with Crippen LogP contribution in [0.2, 0.25) is 0 Å². The topological polar surface area (TPSA) is 130 Å². The van der Waals surface area contributed by atoms with Crippen molar-refractivity contribution in [3.05, 3.63) is 12.2 Å². The zero-order chi connectivity index (χ0) is 13.7. The molecule has 0 aromatic rings. The lowest BCUT2D eigenvalue weighted by atomic mass is 10.2. The van der Waals surface area contributed by atoms with E-state index in [1.165, 1.54) is 0 Å². The normalized spacial score (nSPS) is 18.6. The van der Waals surface area contributed by atoms with E-state index in [0.29, 0.717) is 6.29 Å². The van der Waals surface area contributed by atoms with Crippen molar-refractivity contribution in [2.75, 3.05) is 13.1 Å². The number of amides is 2. The number of carbonyl (C=O) groups excluding carboxylic acids is 3. The summed E-state index contributed by atoms with van der Waals surface area (Å²) in [5, 5.41) is 11.5. The summed E-state index contributed by atoms with van der Waals surface area (Å²) in [7, 11) is 0. The average molecular weight is 256 g/mol. The van der Waals surface area contributed by atoms with Crippen molar-refractivity contribution in [1.82, 2.24) is 10.0 Å². The zero-order valence-electron chi connectivity index (χ0n) is 9.73. The highest BCUT2D eigenvalue weighted by molar-refractivity contribution is 6.12. The quantitative estimate of drug-likeness (QED) is 0.257. The molecule has 0 aliphatic carbocycles. The molecule has 1 rings (SSSR count). The maximum atomic E-state index is 11.5. The minimum atomic E-state index is -1.11. The Hall–Kier alpha value is -1.61. The van der Waals surface area contributed by atoms with Crippen LogP contribution in [-0.2, 0) is 14.4 Å². The number of imide groups is 1. The highest BCUT2D eigenvalue weighted by atomic mass is 16.3. The fraction of sp³-hybridized carbons (Fsp3) is 0.500. The van der Waals surface area contributed by atoms with Crippen LogP contribution in [0.3, 0.4) is 0 Å². The standard InChI is InChI=1S/C10H16N4O4/c11-6-7(16)10(12)13(4-1-5-15)14-8(17)2-3-9(14)18/h2-3,5,7,10,16H,1,4,6,11-12H2. The molecule has 2 amide bonds. The van der Waals surface area contributed by atoms with E-state index >= 15 is 0 Å². The summed E-state index contributed by atoms with van der Waals surface area (Å²) < 4.78 is 0. The summed E-state index contributed by atoms with van der Waals surface area (Å²) >= 11 is 0. The third-order valence-corrected chi connectivity index (χ3v) is 2.50. The molecule has 8 heteroatoms. The highest BCUT2D eigenvalue weighted by Gasteiger charge is 2.34. The van der Waals surface area contributed by atoms with Gasteiger partial charge in [0.15, 0.2) is 0 Å². The molecule has 18 heavy (non-hydrogen) atoms. The van der Waals surface area contributed by atoms with E-state index in [-0.39, 0.29) is 19.5 Å². The molecule has 0 aromatic heterocycles. The Morgan fingerprint density at radius 2 is 1.94 bits per heavy atom. The molecule has 0 fully saturated rings. The van der Waals surface area contributed by atoms with Crippen molar-refractivity contribution in [3.8, 4) is 0 Å². The van der Waals surface area contributed by atoms with Gasteiger partial charge in [-0.2, -0.15) is 5.01 Å². The Morgan fingerprint density at radius 3 is 2.39 bits per heavy atom. The van der Waals surface area contributed by atoms with E-state index in [0.717, 1.165) is 22.2 Å².